The molecular formula is C29H32F6N2O3S. The molecule has 4 rings (SSSR count). The molecule has 0 amide bonds. The minimum Gasteiger partial charge on any atom is -0.396 e. The Morgan fingerprint density at radius 1 is 1.00 bits per heavy atom. The second-order valence-electron chi connectivity index (χ2n) is 10.2. The van der Waals surface area contributed by atoms with Crippen molar-refractivity contribution in [1.29, 1.82) is 0 Å². The highest BCUT2D eigenvalue weighted by molar-refractivity contribution is 7.99. The van der Waals surface area contributed by atoms with Crippen LogP contribution in [0.1, 0.15) is 53.6 Å². The summed E-state index contributed by atoms with van der Waals surface area (Å²) in [6, 6.07) is 8.37. The molecule has 12 heteroatoms. The van der Waals surface area contributed by atoms with Crippen molar-refractivity contribution in [2.24, 2.45) is 5.92 Å². The van der Waals surface area contributed by atoms with Crippen LogP contribution >= 0.6 is 11.8 Å². The van der Waals surface area contributed by atoms with Gasteiger partial charge in [0, 0.05) is 72.3 Å². The SMILES string of the molecule is O=C(C=CN1CCC(CCO)CC1)c1ccc(Sc2cccc(NC3CCOCC3)c2)c(C(F)(F)F)c1C(F)(F)F. The number of halogens is 6. The van der Waals surface area contributed by atoms with E-state index in [4.69, 9.17) is 9.84 Å². The average Bonchev–Trinajstić information content (AvgIpc) is 2.92. The van der Waals surface area contributed by atoms with Crippen LogP contribution in [0.5, 0.6) is 0 Å². The molecule has 2 saturated heterocycles. The van der Waals surface area contributed by atoms with Crippen molar-refractivity contribution in [2.75, 3.05) is 38.2 Å². The lowest BCUT2D eigenvalue weighted by molar-refractivity contribution is -0.163. The first-order valence-corrected chi connectivity index (χ1v) is 14.3. The Morgan fingerprint density at radius 2 is 1.68 bits per heavy atom. The van der Waals surface area contributed by atoms with Gasteiger partial charge in [0.05, 0.1) is 11.1 Å². The minimum atomic E-state index is -5.42. The molecule has 0 radical (unpaired) electrons. The summed E-state index contributed by atoms with van der Waals surface area (Å²) in [5, 5.41) is 12.4. The van der Waals surface area contributed by atoms with Crippen molar-refractivity contribution in [1.82, 2.24) is 4.90 Å². The van der Waals surface area contributed by atoms with Gasteiger partial charge in [-0.25, -0.2) is 0 Å². The Hall–Kier alpha value is -2.70. The fraction of sp³-hybridized carbons (Fsp3) is 0.483. The number of carbonyl (C=O) groups excluding carboxylic acids is 1. The van der Waals surface area contributed by atoms with Crippen LogP contribution in [0, 0.1) is 5.92 Å². The van der Waals surface area contributed by atoms with E-state index < -0.39 is 39.7 Å². The Balaban J connectivity index is 1.61. The largest absolute Gasteiger partial charge is 0.418 e. The van der Waals surface area contributed by atoms with Gasteiger partial charge >= 0.3 is 12.4 Å². The predicted molar refractivity (Wildman–Crippen MR) is 144 cm³/mol. The smallest absolute Gasteiger partial charge is 0.396 e. The second kappa shape index (κ2) is 13.5. The summed E-state index contributed by atoms with van der Waals surface area (Å²) in [7, 11) is 0. The summed E-state index contributed by atoms with van der Waals surface area (Å²) < 4.78 is 90.7. The first kappa shape index (κ1) is 31.2. The molecule has 2 aromatic rings. The molecule has 2 N–H and O–H groups in total. The lowest BCUT2D eigenvalue weighted by atomic mass is 9.94. The van der Waals surface area contributed by atoms with Crippen LogP contribution in [0.15, 0.2) is 58.5 Å². The fourth-order valence-corrected chi connectivity index (χ4v) is 6.18. The normalized spacial score (nSPS) is 17.8. The number of aliphatic hydroxyl groups excluding tert-OH is 1. The van der Waals surface area contributed by atoms with Gasteiger partial charge in [0.2, 0.25) is 0 Å². The molecular weight excluding hydrogens is 570 g/mol. The van der Waals surface area contributed by atoms with Crippen molar-refractivity contribution in [3.8, 4) is 0 Å². The molecule has 2 aliphatic rings. The molecule has 2 fully saturated rings. The molecule has 0 unspecified atom stereocenters. The molecule has 2 aromatic carbocycles. The molecule has 0 bridgehead atoms. The standard InChI is InChI=1S/C29H32F6N2O3S/c30-28(31,32)26-23(24(39)8-14-37-12-6-19(7-13-37)9-15-38)4-5-25(27(26)29(33,34)35)41-22-3-1-2-21(18-22)36-20-10-16-40-17-11-20/h1-5,8,14,18-20,36,38H,6-7,9-13,15-17H2. The van der Waals surface area contributed by atoms with Crippen molar-refractivity contribution in [3.05, 3.63) is 65.4 Å². The van der Waals surface area contributed by atoms with Gasteiger partial charge in [-0.3, -0.25) is 4.79 Å². The van der Waals surface area contributed by atoms with Gasteiger partial charge < -0.3 is 20.1 Å². The van der Waals surface area contributed by atoms with Crippen molar-refractivity contribution < 1.29 is 41.0 Å². The number of piperidine rings is 1. The number of aliphatic hydroxyl groups is 1. The van der Waals surface area contributed by atoms with Gasteiger partial charge in [-0.05, 0) is 68.4 Å². The van der Waals surface area contributed by atoms with E-state index >= 15 is 0 Å². The zero-order valence-electron chi connectivity index (χ0n) is 22.2. The number of benzene rings is 2. The van der Waals surface area contributed by atoms with Crippen LogP contribution in [-0.4, -0.2) is 54.7 Å². The second-order valence-corrected chi connectivity index (χ2v) is 11.3. The topological polar surface area (TPSA) is 61.8 Å². The number of rotatable bonds is 9. The fourth-order valence-electron chi connectivity index (χ4n) is 5.14. The number of hydrogen-bond acceptors (Lipinski definition) is 6. The van der Waals surface area contributed by atoms with E-state index in [0.29, 0.717) is 61.0 Å². The number of nitrogens with one attached hydrogen (secondary N) is 1. The van der Waals surface area contributed by atoms with Gasteiger partial charge in [0.25, 0.3) is 0 Å². The zero-order valence-corrected chi connectivity index (χ0v) is 23.0. The maximum absolute atomic E-state index is 14.3. The highest BCUT2D eigenvalue weighted by atomic mass is 32.2. The number of allylic oxidation sites excluding steroid dienone is 1. The van der Waals surface area contributed by atoms with E-state index in [1.807, 2.05) is 0 Å². The molecule has 0 aliphatic carbocycles. The number of nitrogens with zero attached hydrogens (tertiary/aromatic N) is 1. The lowest BCUT2D eigenvalue weighted by Gasteiger charge is -2.30. The summed E-state index contributed by atoms with van der Waals surface area (Å²) in [5.74, 6) is -0.838. The minimum absolute atomic E-state index is 0.0631. The molecule has 5 nitrogen and oxygen atoms in total. The van der Waals surface area contributed by atoms with E-state index in [0.717, 1.165) is 43.9 Å². The molecule has 224 valence electrons. The third-order valence-corrected chi connectivity index (χ3v) is 8.33. The maximum atomic E-state index is 14.3. The molecule has 0 aromatic heterocycles. The summed E-state index contributed by atoms with van der Waals surface area (Å²) in [4.78, 5) is 14.3. The van der Waals surface area contributed by atoms with Gasteiger partial charge in [0.1, 0.15) is 0 Å². The van der Waals surface area contributed by atoms with Crippen LogP contribution in [0.25, 0.3) is 0 Å². The van der Waals surface area contributed by atoms with Crippen LogP contribution in [0.4, 0.5) is 32.0 Å². The third-order valence-electron chi connectivity index (χ3n) is 7.28. The van der Waals surface area contributed by atoms with Crippen molar-refractivity contribution >= 4 is 23.2 Å². The molecule has 0 spiro atoms. The summed E-state index contributed by atoms with van der Waals surface area (Å²) >= 11 is 0.568. The Kier molecular flexibility index (Phi) is 10.3. The lowest BCUT2D eigenvalue weighted by Crippen LogP contribution is -2.30. The number of anilines is 1. The predicted octanol–water partition coefficient (Wildman–Crippen LogP) is 7.26. The van der Waals surface area contributed by atoms with Crippen LogP contribution in [0.3, 0.4) is 0 Å². The Bertz CT molecular complexity index is 1220. The quantitative estimate of drug-likeness (QED) is 0.179. The Morgan fingerprint density at radius 3 is 2.32 bits per heavy atom. The maximum Gasteiger partial charge on any atom is 0.418 e. The number of ketones is 1. The van der Waals surface area contributed by atoms with E-state index in [1.165, 1.54) is 12.3 Å². The van der Waals surface area contributed by atoms with Crippen LogP contribution in [0.2, 0.25) is 0 Å². The molecule has 2 aliphatic heterocycles. The third kappa shape index (κ3) is 8.42. The van der Waals surface area contributed by atoms with Gasteiger partial charge in [-0.15, -0.1) is 0 Å². The monoisotopic (exact) mass is 602 g/mol. The zero-order chi connectivity index (χ0) is 29.6. The van der Waals surface area contributed by atoms with Crippen LogP contribution in [-0.2, 0) is 17.1 Å². The number of ether oxygens (including phenoxy) is 1. The highest BCUT2D eigenvalue weighted by Gasteiger charge is 2.47. The molecule has 41 heavy (non-hydrogen) atoms. The summed E-state index contributed by atoms with van der Waals surface area (Å²) in [6.07, 6.45) is -4.90. The average molecular weight is 603 g/mol. The van der Waals surface area contributed by atoms with Crippen LogP contribution < -0.4 is 5.32 Å². The summed E-state index contributed by atoms with van der Waals surface area (Å²) in [5.41, 5.74) is -4.26. The number of likely N-dealkylation sites (tertiary alicyclic amines) is 1. The molecule has 0 atom stereocenters. The van der Waals surface area contributed by atoms with Gasteiger partial charge in [0.15, 0.2) is 5.78 Å². The molecule has 2 heterocycles. The van der Waals surface area contributed by atoms with Crippen molar-refractivity contribution in [2.45, 2.75) is 60.3 Å². The van der Waals surface area contributed by atoms with Gasteiger partial charge in [-0.1, -0.05) is 17.8 Å². The number of carbonyl (C=O) groups is 1. The van der Waals surface area contributed by atoms with E-state index in [-0.39, 0.29) is 12.6 Å². The number of alkyl halides is 6. The first-order chi connectivity index (χ1) is 19.5. The Labute approximate surface area is 238 Å². The van der Waals surface area contributed by atoms with E-state index in [1.54, 1.807) is 23.1 Å². The first-order valence-electron chi connectivity index (χ1n) is 13.5. The highest BCUT2D eigenvalue weighted by Crippen LogP contribution is 2.48. The molecule has 0 saturated carbocycles. The number of hydrogen-bond donors (Lipinski definition) is 2. The van der Waals surface area contributed by atoms with Gasteiger partial charge in [-0.2, -0.15) is 26.3 Å². The summed E-state index contributed by atoms with van der Waals surface area (Å²) in [6.45, 7) is 2.31. The van der Waals surface area contributed by atoms with E-state index in [9.17, 15) is 31.1 Å². The van der Waals surface area contributed by atoms with Crippen molar-refractivity contribution in [3.63, 3.8) is 0 Å². The van der Waals surface area contributed by atoms with E-state index in [2.05, 4.69) is 5.32 Å².